The summed E-state index contributed by atoms with van der Waals surface area (Å²) in [7, 11) is 0. The van der Waals surface area contributed by atoms with Crippen molar-refractivity contribution >= 4 is 5.97 Å². The van der Waals surface area contributed by atoms with Gasteiger partial charge in [-0.1, -0.05) is 36.8 Å². The summed E-state index contributed by atoms with van der Waals surface area (Å²) < 4.78 is 6.89. The minimum atomic E-state index is -0.405. The van der Waals surface area contributed by atoms with Gasteiger partial charge in [-0.2, -0.15) is 0 Å². The van der Waals surface area contributed by atoms with Crippen LogP contribution in [0.4, 0.5) is 0 Å². The quantitative estimate of drug-likeness (QED) is 0.598. The third kappa shape index (κ3) is 2.60. The second kappa shape index (κ2) is 5.71. The Morgan fingerprint density at radius 2 is 2.41 bits per heavy atom. The predicted octanol–water partition coefficient (Wildman–Crippen LogP) is 3.00. The number of hydrogen-bond donors (Lipinski definition) is 0. The van der Waals surface area contributed by atoms with Crippen molar-refractivity contribution in [1.82, 2.24) is 15.0 Å². The van der Waals surface area contributed by atoms with Crippen LogP contribution in [0.15, 0.2) is 30.5 Å². The predicted molar refractivity (Wildman–Crippen MR) is 83.2 cm³/mol. The van der Waals surface area contributed by atoms with E-state index in [0.29, 0.717) is 24.5 Å². The zero-order valence-corrected chi connectivity index (χ0v) is 13.3. The van der Waals surface area contributed by atoms with Crippen molar-refractivity contribution in [3.05, 3.63) is 36.2 Å². The molecule has 0 aromatic carbocycles. The first-order valence-electron chi connectivity index (χ1n) is 7.89. The van der Waals surface area contributed by atoms with Crippen molar-refractivity contribution in [2.24, 2.45) is 17.3 Å². The Bertz CT molecular complexity index is 615. The number of carbonyl (C=O) groups is 1. The van der Waals surface area contributed by atoms with Crippen LogP contribution in [0, 0.1) is 17.3 Å². The third-order valence-corrected chi connectivity index (χ3v) is 5.27. The fraction of sp³-hybridized carbons (Fsp3) is 0.588. The monoisotopic (exact) mass is 301 g/mol. The van der Waals surface area contributed by atoms with Crippen LogP contribution in [0.2, 0.25) is 0 Å². The van der Waals surface area contributed by atoms with Crippen LogP contribution in [0.3, 0.4) is 0 Å². The topological polar surface area (TPSA) is 57.0 Å². The minimum absolute atomic E-state index is 0.253. The molecule has 1 saturated carbocycles. The fourth-order valence-electron chi connectivity index (χ4n) is 3.71. The van der Waals surface area contributed by atoms with E-state index in [0.717, 1.165) is 12.3 Å². The minimum Gasteiger partial charge on any atom is -0.461 e. The molecule has 0 spiro atoms. The summed E-state index contributed by atoms with van der Waals surface area (Å²) >= 11 is 0. The molecule has 0 amide bonds. The first kappa shape index (κ1) is 15.0. The second-order valence-corrected chi connectivity index (χ2v) is 6.82. The lowest BCUT2D eigenvalue weighted by molar-refractivity contribution is -0.0103. The van der Waals surface area contributed by atoms with Gasteiger partial charge in [-0.15, -0.1) is 11.7 Å². The molecule has 3 aliphatic carbocycles. The maximum absolute atomic E-state index is 11.9. The fourth-order valence-corrected chi connectivity index (χ4v) is 3.71. The van der Waals surface area contributed by atoms with Gasteiger partial charge in [0.25, 0.3) is 0 Å². The highest BCUT2D eigenvalue weighted by Crippen LogP contribution is 2.59. The summed E-state index contributed by atoms with van der Waals surface area (Å²) in [6.45, 7) is 9.27. The highest BCUT2D eigenvalue weighted by molar-refractivity contribution is 5.86. The van der Waals surface area contributed by atoms with Crippen molar-refractivity contribution < 1.29 is 9.53 Å². The molecular formula is C17H23N3O2. The molecule has 4 rings (SSSR count). The van der Waals surface area contributed by atoms with E-state index in [9.17, 15) is 4.79 Å². The molecule has 1 aromatic rings. The van der Waals surface area contributed by atoms with Gasteiger partial charge >= 0.3 is 5.97 Å². The van der Waals surface area contributed by atoms with E-state index < -0.39 is 5.97 Å². The lowest BCUT2D eigenvalue weighted by Gasteiger charge is -2.56. The standard InChI is InChI=1S/C17H23N3O2/c1-4-8-20-11-15(18-19-20)16(21)22-9-7-12-5-6-13-10-14(12)17(13,2)3/h4-5,11,13-14H,1,6-10H2,2-3H3/t13-,14-/m0/s1. The maximum Gasteiger partial charge on any atom is 0.360 e. The normalized spacial score (nSPS) is 25.1. The summed E-state index contributed by atoms with van der Waals surface area (Å²) in [4.78, 5) is 11.9. The highest BCUT2D eigenvalue weighted by atomic mass is 16.5. The number of allylic oxidation sites excluding steroid dienone is 2. The van der Waals surface area contributed by atoms with Gasteiger partial charge in [-0.3, -0.25) is 0 Å². The van der Waals surface area contributed by atoms with Crippen molar-refractivity contribution in [3.8, 4) is 0 Å². The van der Waals surface area contributed by atoms with Crippen molar-refractivity contribution in [1.29, 1.82) is 0 Å². The van der Waals surface area contributed by atoms with Gasteiger partial charge in [0.05, 0.1) is 19.3 Å². The number of rotatable bonds is 6. The molecule has 0 unspecified atom stereocenters. The van der Waals surface area contributed by atoms with Crippen LogP contribution < -0.4 is 0 Å². The number of ether oxygens (including phenoxy) is 1. The Labute approximate surface area is 131 Å². The van der Waals surface area contributed by atoms with Crippen molar-refractivity contribution in [2.45, 2.75) is 39.7 Å². The first-order chi connectivity index (χ1) is 10.5. The maximum atomic E-state index is 11.9. The Hall–Kier alpha value is -1.91. The SMILES string of the molecule is C=CCn1cc(C(=O)OCCC2=CC[C@H]3C[C@@H]2C3(C)C)nn1. The molecule has 2 atom stereocenters. The first-order valence-corrected chi connectivity index (χ1v) is 7.89. The molecule has 5 heteroatoms. The molecule has 0 saturated heterocycles. The number of fused-ring (bicyclic) bond motifs is 1. The Morgan fingerprint density at radius 1 is 1.59 bits per heavy atom. The van der Waals surface area contributed by atoms with E-state index in [-0.39, 0.29) is 5.69 Å². The van der Waals surface area contributed by atoms with E-state index in [1.165, 1.54) is 18.4 Å². The lowest BCUT2D eigenvalue weighted by atomic mass is 9.48. The summed E-state index contributed by atoms with van der Waals surface area (Å²) in [5.74, 6) is 1.10. The summed E-state index contributed by atoms with van der Waals surface area (Å²) in [6.07, 6.45) is 8.92. The lowest BCUT2D eigenvalue weighted by Crippen LogP contribution is -2.48. The Balaban J connectivity index is 1.49. The molecule has 1 heterocycles. The Kier molecular flexibility index (Phi) is 3.89. The van der Waals surface area contributed by atoms with Crippen LogP contribution >= 0.6 is 0 Å². The van der Waals surface area contributed by atoms with Gasteiger partial charge in [-0.05, 0) is 30.1 Å². The molecule has 2 bridgehead atoms. The van der Waals surface area contributed by atoms with E-state index in [2.05, 4.69) is 36.8 Å². The second-order valence-electron chi connectivity index (χ2n) is 6.82. The molecule has 0 N–H and O–H groups in total. The van der Waals surface area contributed by atoms with E-state index in [4.69, 9.17) is 4.74 Å². The van der Waals surface area contributed by atoms with Gasteiger partial charge in [0.1, 0.15) is 0 Å². The number of esters is 1. The molecule has 1 fully saturated rings. The van der Waals surface area contributed by atoms with Crippen LogP contribution in [0.5, 0.6) is 0 Å². The summed E-state index contributed by atoms with van der Waals surface area (Å²) in [6, 6.07) is 0. The molecule has 118 valence electrons. The van der Waals surface area contributed by atoms with Crippen LogP contribution in [-0.2, 0) is 11.3 Å². The van der Waals surface area contributed by atoms with Crippen molar-refractivity contribution in [2.75, 3.05) is 6.61 Å². The van der Waals surface area contributed by atoms with Crippen molar-refractivity contribution in [3.63, 3.8) is 0 Å². The number of aromatic nitrogens is 3. The molecule has 1 aromatic heterocycles. The van der Waals surface area contributed by atoms with E-state index in [1.54, 1.807) is 17.0 Å². The van der Waals surface area contributed by atoms with E-state index in [1.807, 2.05) is 0 Å². The number of nitrogens with zero attached hydrogens (tertiary/aromatic N) is 3. The zero-order valence-electron chi connectivity index (χ0n) is 13.3. The van der Waals surface area contributed by atoms with Gasteiger partial charge < -0.3 is 4.74 Å². The average Bonchev–Trinajstić information content (AvgIpc) is 2.96. The number of hydrogen-bond acceptors (Lipinski definition) is 4. The molecule has 3 aliphatic rings. The van der Waals surface area contributed by atoms with Crippen LogP contribution in [-0.4, -0.2) is 27.6 Å². The van der Waals surface area contributed by atoms with Gasteiger partial charge in [0, 0.05) is 6.42 Å². The molecule has 0 radical (unpaired) electrons. The van der Waals surface area contributed by atoms with Gasteiger partial charge in [-0.25, -0.2) is 9.48 Å². The molecule has 22 heavy (non-hydrogen) atoms. The third-order valence-electron chi connectivity index (χ3n) is 5.27. The molecule has 0 aliphatic heterocycles. The number of carbonyl (C=O) groups excluding carboxylic acids is 1. The summed E-state index contributed by atoms with van der Waals surface area (Å²) in [5.41, 5.74) is 2.13. The van der Waals surface area contributed by atoms with Gasteiger partial charge in [0.2, 0.25) is 0 Å². The Morgan fingerprint density at radius 3 is 3.09 bits per heavy atom. The smallest absolute Gasteiger partial charge is 0.360 e. The highest BCUT2D eigenvalue weighted by Gasteiger charge is 2.50. The van der Waals surface area contributed by atoms with Crippen LogP contribution in [0.1, 0.15) is 43.6 Å². The summed E-state index contributed by atoms with van der Waals surface area (Å²) in [5, 5.41) is 7.67. The molecular weight excluding hydrogens is 278 g/mol. The molecule has 5 nitrogen and oxygen atoms in total. The van der Waals surface area contributed by atoms with Crippen LogP contribution in [0.25, 0.3) is 0 Å². The van der Waals surface area contributed by atoms with E-state index >= 15 is 0 Å². The van der Waals surface area contributed by atoms with Gasteiger partial charge in [0.15, 0.2) is 5.69 Å². The average molecular weight is 301 g/mol. The zero-order chi connectivity index (χ0) is 15.7. The largest absolute Gasteiger partial charge is 0.461 e.